The molecule has 0 atom stereocenters. The molecule has 0 aliphatic carbocycles. The normalized spacial score (nSPS) is 9.00. The average molecular weight is 193 g/mol. The lowest BCUT2D eigenvalue weighted by Gasteiger charge is -2.11. The second kappa shape index (κ2) is 4.38. The van der Waals surface area contributed by atoms with Crippen molar-refractivity contribution < 1.29 is 14.2 Å². The number of nitrogens with zero attached hydrogens (tertiary/aromatic N) is 1. The molecule has 0 N–H and O–H groups in total. The number of aryl methyl sites for hydroxylation is 1. The van der Waals surface area contributed by atoms with E-state index in [1.807, 2.05) is 6.92 Å². The quantitative estimate of drug-likeness (QED) is 0.687. The SMILES string of the molecule is COc1ccc(C)c(OC#N)c1OC. The Hall–Kier alpha value is -1.89. The molecule has 1 aromatic carbocycles. The average Bonchev–Trinajstić information content (AvgIpc) is 2.21. The molecule has 0 unspecified atom stereocenters. The highest BCUT2D eigenvalue weighted by Crippen LogP contribution is 2.39. The maximum Gasteiger partial charge on any atom is 0.292 e. The fourth-order valence-corrected chi connectivity index (χ4v) is 1.17. The monoisotopic (exact) mass is 193 g/mol. The lowest BCUT2D eigenvalue weighted by molar-refractivity contribution is 0.338. The minimum Gasteiger partial charge on any atom is -0.493 e. The van der Waals surface area contributed by atoms with E-state index in [9.17, 15) is 0 Å². The highest BCUT2D eigenvalue weighted by molar-refractivity contribution is 5.55. The van der Waals surface area contributed by atoms with Gasteiger partial charge in [0.1, 0.15) is 0 Å². The van der Waals surface area contributed by atoms with Crippen LogP contribution in [-0.4, -0.2) is 14.2 Å². The van der Waals surface area contributed by atoms with Gasteiger partial charge in [-0.3, -0.25) is 0 Å². The molecule has 0 bridgehead atoms. The molecule has 0 heterocycles. The van der Waals surface area contributed by atoms with Crippen LogP contribution in [0.25, 0.3) is 0 Å². The highest BCUT2D eigenvalue weighted by Gasteiger charge is 2.13. The van der Waals surface area contributed by atoms with Gasteiger partial charge in [0.2, 0.25) is 5.75 Å². The van der Waals surface area contributed by atoms with Crippen molar-refractivity contribution in [1.82, 2.24) is 0 Å². The zero-order chi connectivity index (χ0) is 10.6. The number of methoxy groups -OCH3 is 2. The molecule has 0 saturated carbocycles. The van der Waals surface area contributed by atoms with E-state index in [0.29, 0.717) is 17.2 Å². The van der Waals surface area contributed by atoms with E-state index in [4.69, 9.17) is 19.5 Å². The van der Waals surface area contributed by atoms with Crippen molar-refractivity contribution in [2.75, 3.05) is 14.2 Å². The van der Waals surface area contributed by atoms with Gasteiger partial charge in [-0.25, -0.2) is 0 Å². The summed E-state index contributed by atoms with van der Waals surface area (Å²) in [5, 5.41) is 8.46. The number of ether oxygens (including phenoxy) is 3. The summed E-state index contributed by atoms with van der Waals surface area (Å²) in [6.07, 6.45) is 1.62. The minimum absolute atomic E-state index is 0.398. The minimum atomic E-state index is 0.398. The Kier molecular flexibility index (Phi) is 3.19. The molecule has 1 rings (SSSR count). The molecular weight excluding hydrogens is 182 g/mol. The zero-order valence-corrected chi connectivity index (χ0v) is 8.33. The summed E-state index contributed by atoms with van der Waals surface area (Å²) in [5.41, 5.74) is 0.823. The van der Waals surface area contributed by atoms with Gasteiger partial charge in [-0.05, 0) is 18.6 Å². The van der Waals surface area contributed by atoms with E-state index in [2.05, 4.69) is 0 Å². The van der Waals surface area contributed by atoms with Crippen LogP contribution in [0, 0.1) is 18.4 Å². The topological polar surface area (TPSA) is 51.5 Å². The molecule has 0 radical (unpaired) electrons. The van der Waals surface area contributed by atoms with Crippen LogP contribution in [0.1, 0.15) is 5.56 Å². The Morgan fingerprint density at radius 2 is 1.86 bits per heavy atom. The van der Waals surface area contributed by atoms with Gasteiger partial charge in [0, 0.05) is 0 Å². The fraction of sp³-hybridized carbons (Fsp3) is 0.300. The number of nitriles is 1. The second-order valence-corrected chi connectivity index (χ2v) is 2.64. The Bertz CT molecular complexity index is 368. The first-order chi connectivity index (χ1) is 6.74. The van der Waals surface area contributed by atoms with Gasteiger partial charge in [0.15, 0.2) is 11.5 Å². The van der Waals surface area contributed by atoms with Gasteiger partial charge in [0.05, 0.1) is 14.2 Å². The Morgan fingerprint density at radius 1 is 1.14 bits per heavy atom. The standard InChI is InChI=1S/C10H11NO3/c1-7-4-5-8(12-2)10(13-3)9(7)14-6-11/h4-5H,1-3H3. The van der Waals surface area contributed by atoms with Crippen LogP contribution in [0.5, 0.6) is 17.2 Å². The van der Waals surface area contributed by atoms with Crippen molar-refractivity contribution in [2.45, 2.75) is 6.92 Å². The van der Waals surface area contributed by atoms with E-state index in [0.717, 1.165) is 5.56 Å². The van der Waals surface area contributed by atoms with Crippen LogP contribution < -0.4 is 14.2 Å². The number of hydrogen-bond acceptors (Lipinski definition) is 4. The first-order valence-electron chi connectivity index (χ1n) is 4.02. The third-order valence-corrected chi connectivity index (χ3v) is 1.84. The molecule has 4 nitrogen and oxygen atoms in total. The van der Waals surface area contributed by atoms with Crippen molar-refractivity contribution in [2.24, 2.45) is 0 Å². The van der Waals surface area contributed by atoms with Crippen LogP contribution in [0.2, 0.25) is 0 Å². The zero-order valence-electron chi connectivity index (χ0n) is 8.33. The molecule has 0 saturated heterocycles. The molecule has 0 aliphatic rings. The molecule has 4 heteroatoms. The van der Waals surface area contributed by atoms with Crippen molar-refractivity contribution in [1.29, 1.82) is 5.26 Å². The summed E-state index contributed by atoms with van der Waals surface area (Å²) in [7, 11) is 3.03. The van der Waals surface area contributed by atoms with Crippen LogP contribution in [0.4, 0.5) is 0 Å². The van der Waals surface area contributed by atoms with Gasteiger partial charge in [0.25, 0.3) is 6.26 Å². The summed E-state index contributed by atoms with van der Waals surface area (Å²) in [5.74, 6) is 1.38. The van der Waals surface area contributed by atoms with E-state index in [-0.39, 0.29) is 0 Å². The van der Waals surface area contributed by atoms with Crippen molar-refractivity contribution in [3.63, 3.8) is 0 Å². The lowest BCUT2D eigenvalue weighted by Crippen LogP contribution is -1.96. The molecule has 74 valence electrons. The first kappa shape index (κ1) is 10.2. The highest BCUT2D eigenvalue weighted by atomic mass is 16.5. The number of hydrogen-bond donors (Lipinski definition) is 0. The van der Waals surface area contributed by atoms with Gasteiger partial charge >= 0.3 is 0 Å². The van der Waals surface area contributed by atoms with Crippen molar-refractivity contribution in [3.8, 4) is 23.5 Å². The molecule has 0 aliphatic heterocycles. The van der Waals surface area contributed by atoms with Crippen LogP contribution in [0.15, 0.2) is 12.1 Å². The largest absolute Gasteiger partial charge is 0.493 e. The van der Waals surface area contributed by atoms with Crippen LogP contribution in [-0.2, 0) is 0 Å². The smallest absolute Gasteiger partial charge is 0.292 e. The molecule has 0 spiro atoms. The van der Waals surface area contributed by atoms with Crippen LogP contribution >= 0.6 is 0 Å². The van der Waals surface area contributed by atoms with Gasteiger partial charge < -0.3 is 14.2 Å². The summed E-state index contributed by atoms with van der Waals surface area (Å²) in [6.45, 7) is 1.83. The Balaban J connectivity index is 3.28. The maximum atomic E-state index is 8.46. The van der Waals surface area contributed by atoms with Gasteiger partial charge in [-0.15, -0.1) is 5.26 Å². The predicted octanol–water partition coefficient (Wildman–Crippen LogP) is 1.87. The Morgan fingerprint density at radius 3 is 2.36 bits per heavy atom. The maximum absolute atomic E-state index is 8.46. The molecule has 0 amide bonds. The number of benzene rings is 1. The first-order valence-corrected chi connectivity index (χ1v) is 4.02. The van der Waals surface area contributed by atoms with E-state index in [1.165, 1.54) is 14.2 Å². The van der Waals surface area contributed by atoms with E-state index < -0.39 is 0 Å². The number of rotatable bonds is 3. The molecular formula is C10H11NO3. The molecule has 1 aromatic rings. The van der Waals surface area contributed by atoms with E-state index in [1.54, 1.807) is 18.4 Å². The van der Waals surface area contributed by atoms with Gasteiger partial charge in [-0.1, -0.05) is 6.07 Å². The fourth-order valence-electron chi connectivity index (χ4n) is 1.17. The molecule has 0 fully saturated rings. The van der Waals surface area contributed by atoms with E-state index >= 15 is 0 Å². The van der Waals surface area contributed by atoms with Crippen molar-refractivity contribution >= 4 is 0 Å². The Labute approximate surface area is 82.6 Å². The summed E-state index contributed by atoms with van der Waals surface area (Å²) in [4.78, 5) is 0. The predicted molar refractivity (Wildman–Crippen MR) is 50.5 cm³/mol. The molecule has 14 heavy (non-hydrogen) atoms. The summed E-state index contributed by atoms with van der Waals surface area (Å²) < 4.78 is 15.0. The lowest BCUT2D eigenvalue weighted by atomic mass is 10.2. The van der Waals surface area contributed by atoms with Crippen LogP contribution in [0.3, 0.4) is 0 Å². The third-order valence-electron chi connectivity index (χ3n) is 1.84. The summed E-state index contributed by atoms with van der Waals surface area (Å²) in [6, 6.07) is 3.56. The third kappa shape index (κ3) is 1.72. The second-order valence-electron chi connectivity index (χ2n) is 2.64. The molecule has 0 aromatic heterocycles. The van der Waals surface area contributed by atoms with Gasteiger partial charge in [-0.2, -0.15) is 0 Å². The summed E-state index contributed by atoms with van der Waals surface area (Å²) >= 11 is 0. The van der Waals surface area contributed by atoms with Crippen molar-refractivity contribution in [3.05, 3.63) is 17.7 Å².